The molecule has 0 bridgehead atoms. The van der Waals surface area contributed by atoms with E-state index in [1.807, 2.05) is 6.07 Å². The van der Waals surface area contributed by atoms with Crippen molar-refractivity contribution in [2.24, 2.45) is 5.92 Å². The van der Waals surface area contributed by atoms with Crippen molar-refractivity contribution < 1.29 is 13.5 Å². The third-order valence-electron chi connectivity index (χ3n) is 4.66. The van der Waals surface area contributed by atoms with Gasteiger partial charge in [0.25, 0.3) is 0 Å². The molecule has 0 unspecified atom stereocenters. The Hall–Kier alpha value is -1.47. The summed E-state index contributed by atoms with van der Waals surface area (Å²) in [5.41, 5.74) is 1.96. The SMILES string of the molecule is Cc1cc(S(=O)(=O)N[C@H](c2ccccn2)C2CC(O)C2)c(C)cc1Cl. The van der Waals surface area contributed by atoms with E-state index in [1.54, 1.807) is 44.3 Å². The van der Waals surface area contributed by atoms with E-state index in [2.05, 4.69) is 9.71 Å². The van der Waals surface area contributed by atoms with Crippen LogP contribution in [-0.4, -0.2) is 24.6 Å². The van der Waals surface area contributed by atoms with Crippen LogP contribution in [0, 0.1) is 19.8 Å². The van der Waals surface area contributed by atoms with Crippen molar-refractivity contribution >= 4 is 21.6 Å². The summed E-state index contributed by atoms with van der Waals surface area (Å²) in [5.74, 6) is 0.0216. The van der Waals surface area contributed by atoms with Gasteiger partial charge in [-0.3, -0.25) is 4.98 Å². The highest BCUT2D eigenvalue weighted by Gasteiger charge is 2.38. The van der Waals surface area contributed by atoms with Gasteiger partial charge in [-0.15, -0.1) is 0 Å². The molecule has 134 valence electrons. The van der Waals surface area contributed by atoms with Crippen LogP contribution in [0.25, 0.3) is 0 Å². The lowest BCUT2D eigenvalue weighted by atomic mass is 9.76. The molecule has 1 fully saturated rings. The van der Waals surface area contributed by atoms with Crippen LogP contribution in [0.15, 0.2) is 41.4 Å². The Balaban J connectivity index is 1.95. The van der Waals surface area contributed by atoms with Gasteiger partial charge in [-0.2, -0.15) is 0 Å². The molecule has 0 radical (unpaired) electrons. The van der Waals surface area contributed by atoms with Crippen molar-refractivity contribution in [3.8, 4) is 0 Å². The number of aromatic nitrogens is 1. The predicted octanol–water partition coefficient (Wildman–Crippen LogP) is 3.14. The zero-order valence-corrected chi connectivity index (χ0v) is 15.7. The van der Waals surface area contributed by atoms with Crippen LogP contribution >= 0.6 is 11.6 Å². The van der Waals surface area contributed by atoms with Crippen LogP contribution in [0.3, 0.4) is 0 Å². The van der Waals surface area contributed by atoms with Crippen LogP contribution in [0.5, 0.6) is 0 Å². The lowest BCUT2D eigenvalue weighted by Gasteiger charge is -2.37. The molecule has 3 rings (SSSR count). The Morgan fingerprint density at radius 2 is 1.96 bits per heavy atom. The Labute approximate surface area is 153 Å². The van der Waals surface area contributed by atoms with Gasteiger partial charge in [0, 0.05) is 11.2 Å². The number of nitrogens with zero attached hydrogens (tertiary/aromatic N) is 1. The Kier molecular flexibility index (Phi) is 5.16. The quantitative estimate of drug-likeness (QED) is 0.835. The topological polar surface area (TPSA) is 79.3 Å². The van der Waals surface area contributed by atoms with Crippen molar-refractivity contribution in [2.45, 2.75) is 43.7 Å². The summed E-state index contributed by atoms with van der Waals surface area (Å²) >= 11 is 6.08. The number of benzene rings is 1. The number of rotatable bonds is 5. The number of hydrogen-bond acceptors (Lipinski definition) is 4. The van der Waals surface area contributed by atoms with Crippen LogP contribution < -0.4 is 4.72 Å². The summed E-state index contributed by atoms with van der Waals surface area (Å²) in [4.78, 5) is 4.53. The third kappa shape index (κ3) is 3.87. The lowest BCUT2D eigenvalue weighted by Crippen LogP contribution is -2.41. The fourth-order valence-electron chi connectivity index (χ4n) is 3.13. The first-order valence-electron chi connectivity index (χ1n) is 8.16. The summed E-state index contributed by atoms with van der Waals surface area (Å²) in [6.07, 6.45) is 2.38. The number of aryl methyl sites for hydroxylation is 2. The normalized spacial score (nSPS) is 21.6. The molecule has 1 atom stereocenters. The third-order valence-corrected chi connectivity index (χ3v) is 6.65. The van der Waals surface area contributed by atoms with Crippen LogP contribution in [0.4, 0.5) is 0 Å². The molecule has 0 spiro atoms. The van der Waals surface area contributed by atoms with Gasteiger partial charge in [-0.1, -0.05) is 17.7 Å². The number of halogens is 1. The van der Waals surface area contributed by atoms with E-state index in [0.29, 0.717) is 34.7 Å². The molecule has 1 heterocycles. The van der Waals surface area contributed by atoms with Crippen LogP contribution in [-0.2, 0) is 10.0 Å². The largest absolute Gasteiger partial charge is 0.393 e. The number of hydrogen-bond donors (Lipinski definition) is 2. The molecule has 2 N–H and O–H groups in total. The van der Waals surface area contributed by atoms with Gasteiger partial charge in [0.1, 0.15) is 0 Å². The van der Waals surface area contributed by atoms with Gasteiger partial charge in [0.15, 0.2) is 0 Å². The van der Waals surface area contributed by atoms with Gasteiger partial charge in [0.2, 0.25) is 10.0 Å². The minimum absolute atomic E-state index is 0.0216. The van der Waals surface area contributed by atoms with E-state index in [1.165, 1.54) is 0 Å². The van der Waals surface area contributed by atoms with Crippen LogP contribution in [0.1, 0.15) is 35.7 Å². The van der Waals surface area contributed by atoms with E-state index in [-0.39, 0.29) is 16.9 Å². The maximum Gasteiger partial charge on any atom is 0.241 e. The van der Waals surface area contributed by atoms with Crippen molar-refractivity contribution in [3.05, 3.63) is 58.4 Å². The highest BCUT2D eigenvalue weighted by atomic mass is 35.5. The van der Waals surface area contributed by atoms with Crippen molar-refractivity contribution in [1.82, 2.24) is 9.71 Å². The van der Waals surface area contributed by atoms with E-state index < -0.39 is 16.1 Å². The first-order valence-corrected chi connectivity index (χ1v) is 10.0. The molecule has 1 aromatic carbocycles. The highest BCUT2D eigenvalue weighted by molar-refractivity contribution is 7.89. The molecule has 0 aliphatic heterocycles. The molecular weight excluding hydrogens is 360 g/mol. The minimum Gasteiger partial charge on any atom is -0.393 e. The van der Waals surface area contributed by atoms with Gasteiger partial charge in [-0.05, 0) is 68.0 Å². The minimum atomic E-state index is -3.75. The second kappa shape index (κ2) is 7.03. The lowest BCUT2D eigenvalue weighted by molar-refractivity contribution is 0.0273. The zero-order chi connectivity index (χ0) is 18.2. The molecule has 2 aromatic rings. The monoisotopic (exact) mass is 380 g/mol. The molecule has 0 amide bonds. The standard InChI is InChI=1S/C18H21ClN2O3S/c1-11-8-17(12(2)7-15(11)19)25(23,24)21-18(13-9-14(22)10-13)16-5-3-4-6-20-16/h3-8,13-14,18,21-22H,9-10H2,1-2H3/t13?,14?,18-/m0/s1. The average Bonchev–Trinajstić information content (AvgIpc) is 2.54. The summed E-state index contributed by atoms with van der Waals surface area (Å²) in [6, 6.07) is 8.20. The Bertz CT molecular complexity index is 865. The van der Waals surface area contributed by atoms with Crippen molar-refractivity contribution in [3.63, 3.8) is 0 Å². The maximum atomic E-state index is 13.0. The average molecular weight is 381 g/mol. The maximum absolute atomic E-state index is 13.0. The first-order chi connectivity index (χ1) is 11.8. The number of aliphatic hydroxyl groups excluding tert-OH is 1. The second-order valence-electron chi connectivity index (χ2n) is 6.61. The second-order valence-corrected chi connectivity index (χ2v) is 8.70. The zero-order valence-electron chi connectivity index (χ0n) is 14.1. The number of sulfonamides is 1. The molecule has 1 aliphatic carbocycles. The number of nitrogens with one attached hydrogen (secondary N) is 1. The summed E-state index contributed by atoms with van der Waals surface area (Å²) in [7, 11) is -3.75. The smallest absolute Gasteiger partial charge is 0.241 e. The summed E-state index contributed by atoms with van der Waals surface area (Å²) in [5, 5.41) is 10.2. The van der Waals surface area contributed by atoms with E-state index in [9.17, 15) is 13.5 Å². The highest BCUT2D eigenvalue weighted by Crippen LogP contribution is 2.38. The van der Waals surface area contributed by atoms with Gasteiger partial charge >= 0.3 is 0 Å². The first kappa shape index (κ1) is 18.3. The molecule has 1 saturated carbocycles. The van der Waals surface area contributed by atoms with Crippen LogP contribution in [0.2, 0.25) is 5.02 Å². The molecule has 0 saturated heterocycles. The van der Waals surface area contributed by atoms with Crippen molar-refractivity contribution in [1.29, 1.82) is 0 Å². The fraction of sp³-hybridized carbons (Fsp3) is 0.389. The van der Waals surface area contributed by atoms with Gasteiger partial charge in [0.05, 0.1) is 22.7 Å². The number of aliphatic hydroxyl groups is 1. The molecule has 5 nitrogen and oxygen atoms in total. The molecule has 1 aliphatic rings. The Morgan fingerprint density at radius 3 is 2.56 bits per heavy atom. The fourth-order valence-corrected chi connectivity index (χ4v) is 4.94. The van der Waals surface area contributed by atoms with E-state index >= 15 is 0 Å². The van der Waals surface area contributed by atoms with E-state index in [0.717, 1.165) is 0 Å². The van der Waals surface area contributed by atoms with Gasteiger partial charge in [-0.25, -0.2) is 13.1 Å². The molecular formula is C18H21ClN2O3S. The number of pyridine rings is 1. The summed E-state index contributed by atoms with van der Waals surface area (Å²) < 4.78 is 28.8. The molecule has 25 heavy (non-hydrogen) atoms. The van der Waals surface area contributed by atoms with Gasteiger partial charge < -0.3 is 5.11 Å². The molecule has 1 aromatic heterocycles. The summed E-state index contributed by atoms with van der Waals surface area (Å²) in [6.45, 7) is 3.50. The van der Waals surface area contributed by atoms with E-state index in [4.69, 9.17) is 11.6 Å². The molecule has 7 heteroatoms. The predicted molar refractivity (Wildman–Crippen MR) is 97.0 cm³/mol. The van der Waals surface area contributed by atoms with Crippen molar-refractivity contribution in [2.75, 3.05) is 0 Å². The Morgan fingerprint density at radius 1 is 1.24 bits per heavy atom.